The van der Waals surface area contributed by atoms with Gasteiger partial charge in [0.2, 0.25) is 0 Å². The summed E-state index contributed by atoms with van der Waals surface area (Å²) in [4.78, 5) is 8.86. The highest BCUT2D eigenvalue weighted by molar-refractivity contribution is 5.54. The van der Waals surface area contributed by atoms with Gasteiger partial charge in [-0.05, 0) is 24.6 Å². The Labute approximate surface area is 124 Å². The van der Waals surface area contributed by atoms with Crippen molar-refractivity contribution in [2.75, 3.05) is 5.32 Å². The number of hydrogen-bond donors (Lipinski definition) is 1. The molecule has 0 spiro atoms. The first-order chi connectivity index (χ1) is 10.3. The van der Waals surface area contributed by atoms with Crippen LogP contribution in [0.2, 0.25) is 0 Å². The summed E-state index contributed by atoms with van der Waals surface area (Å²) in [6.45, 7) is 2.81. The molecule has 3 heteroatoms. The van der Waals surface area contributed by atoms with Gasteiger partial charge in [0.1, 0.15) is 0 Å². The van der Waals surface area contributed by atoms with Crippen molar-refractivity contribution in [3.05, 3.63) is 78.1 Å². The van der Waals surface area contributed by atoms with E-state index in [2.05, 4.69) is 40.4 Å². The maximum absolute atomic E-state index is 4.43. The molecule has 3 rings (SSSR count). The lowest BCUT2D eigenvalue weighted by molar-refractivity contribution is 1.06. The molecular weight excluding hydrogens is 258 g/mol. The Bertz CT molecular complexity index is 706. The molecule has 104 valence electrons. The van der Waals surface area contributed by atoms with Gasteiger partial charge in [-0.25, -0.2) is 9.97 Å². The van der Waals surface area contributed by atoms with Gasteiger partial charge in [-0.2, -0.15) is 0 Å². The monoisotopic (exact) mass is 275 g/mol. The van der Waals surface area contributed by atoms with Crippen LogP contribution in [0.4, 0.5) is 5.69 Å². The van der Waals surface area contributed by atoms with Gasteiger partial charge in [-0.1, -0.05) is 42.5 Å². The molecule has 3 nitrogen and oxygen atoms in total. The molecule has 1 heterocycles. The largest absolute Gasteiger partial charge is 0.381 e. The van der Waals surface area contributed by atoms with Crippen LogP contribution in [0.15, 0.2) is 67.0 Å². The SMILES string of the molecule is Cc1cccc(NCc2cnc(-c3ccccc3)nc2)c1. The van der Waals surface area contributed by atoms with Crippen molar-refractivity contribution in [1.82, 2.24) is 9.97 Å². The number of benzene rings is 2. The fourth-order valence-electron chi connectivity index (χ4n) is 2.14. The molecule has 21 heavy (non-hydrogen) atoms. The van der Waals surface area contributed by atoms with Crippen LogP contribution in [0.3, 0.4) is 0 Å². The average molecular weight is 275 g/mol. The van der Waals surface area contributed by atoms with E-state index in [1.165, 1.54) is 5.56 Å². The van der Waals surface area contributed by atoms with Gasteiger partial charge < -0.3 is 5.32 Å². The lowest BCUT2D eigenvalue weighted by Gasteiger charge is -2.07. The molecule has 0 fully saturated rings. The second kappa shape index (κ2) is 6.18. The Hall–Kier alpha value is -2.68. The quantitative estimate of drug-likeness (QED) is 0.780. The maximum Gasteiger partial charge on any atom is 0.159 e. The molecule has 0 aliphatic rings. The molecule has 3 aromatic rings. The van der Waals surface area contributed by atoms with Crippen LogP contribution < -0.4 is 5.32 Å². The van der Waals surface area contributed by atoms with E-state index < -0.39 is 0 Å². The van der Waals surface area contributed by atoms with E-state index in [0.29, 0.717) is 0 Å². The van der Waals surface area contributed by atoms with E-state index >= 15 is 0 Å². The highest BCUT2D eigenvalue weighted by atomic mass is 14.9. The number of rotatable bonds is 4. The third-order valence-corrected chi connectivity index (χ3v) is 3.25. The summed E-state index contributed by atoms with van der Waals surface area (Å²) in [6.07, 6.45) is 3.75. The van der Waals surface area contributed by atoms with Crippen LogP contribution in [0.5, 0.6) is 0 Å². The molecule has 1 aromatic heterocycles. The van der Waals surface area contributed by atoms with Crippen LogP contribution in [-0.4, -0.2) is 9.97 Å². The second-order valence-corrected chi connectivity index (χ2v) is 5.00. The number of aryl methyl sites for hydroxylation is 1. The predicted octanol–water partition coefficient (Wildman–Crippen LogP) is 4.06. The van der Waals surface area contributed by atoms with Crippen LogP contribution in [0.25, 0.3) is 11.4 Å². The van der Waals surface area contributed by atoms with Crippen LogP contribution in [0.1, 0.15) is 11.1 Å². The molecule has 0 saturated carbocycles. The van der Waals surface area contributed by atoms with Crippen LogP contribution in [-0.2, 0) is 6.54 Å². The number of anilines is 1. The van der Waals surface area contributed by atoms with Gasteiger partial charge in [0.25, 0.3) is 0 Å². The Balaban J connectivity index is 1.68. The topological polar surface area (TPSA) is 37.8 Å². The van der Waals surface area contributed by atoms with Gasteiger partial charge in [0.05, 0.1) is 0 Å². The molecule has 0 saturated heterocycles. The first-order valence-corrected chi connectivity index (χ1v) is 6.98. The highest BCUT2D eigenvalue weighted by Crippen LogP contribution is 2.14. The second-order valence-electron chi connectivity index (χ2n) is 5.00. The van der Waals surface area contributed by atoms with Crippen molar-refractivity contribution in [1.29, 1.82) is 0 Å². The summed E-state index contributed by atoms with van der Waals surface area (Å²) >= 11 is 0. The van der Waals surface area contributed by atoms with E-state index in [0.717, 1.165) is 29.2 Å². The van der Waals surface area contributed by atoms with Crippen molar-refractivity contribution >= 4 is 5.69 Å². The molecule has 0 aliphatic carbocycles. The molecule has 0 unspecified atom stereocenters. The summed E-state index contributed by atoms with van der Waals surface area (Å²) in [5.74, 6) is 0.759. The number of hydrogen-bond acceptors (Lipinski definition) is 3. The predicted molar refractivity (Wildman–Crippen MR) is 86.0 cm³/mol. The highest BCUT2D eigenvalue weighted by Gasteiger charge is 2.01. The summed E-state index contributed by atoms with van der Waals surface area (Å²) < 4.78 is 0. The van der Waals surface area contributed by atoms with E-state index in [4.69, 9.17) is 0 Å². The van der Waals surface area contributed by atoms with Crippen molar-refractivity contribution in [3.63, 3.8) is 0 Å². The average Bonchev–Trinajstić information content (AvgIpc) is 2.54. The lowest BCUT2D eigenvalue weighted by Crippen LogP contribution is -2.01. The molecule has 2 aromatic carbocycles. The Kier molecular flexibility index (Phi) is 3.92. The zero-order chi connectivity index (χ0) is 14.5. The zero-order valence-corrected chi connectivity index (χ0v) is 12.0. The Morgan fingerprint density at radius 2 is 1.67 bits per heavy atom. The van der Waals surface area contributed by atoms with E-state index in [9.17, 15) is 0 Å². The third kappa shape index (κ3) is 3.45. The zero-order valence-electron chi connectivity index (χ0n) is 12.0. The fraction of sp³-hybridized carbons (Fsp3) is 0.111. The molecule has 0 amide bonds. The van der Waals surface area contributed by atoms with Gasteiger partial charge in [-0.3, -0.25) is 0 Å². The van der Waals surface area contributed by atoms with Crippen molar-refractivity contribution in [2.45, 2.75) is 13.5 Å². The number of aromatic nitrogens is 2. The smallest absolute Gasteiger partial charge is 0.159 e. The lowest BCUT2D eigenvalue weighted by atomic mass is 10.2. The Morgan fingerprint density at radius 1 is 0.905 bits per heavy atom. The summed E-state index contributed by atoms with van der Waals surface area (Å²) in [7, 11) is 0. The molecule has 0 atom stereocenters. The summed E-state index contributed by atoms with van der Waals surface area (Å²) in [6, 6.07) is 18.3. The van der Waals surface area contributed by atoms with E-state index in [-0.39, 0.29) is 0 Å². The van der Waals surface area contributed by atoms with Crippen LogP contribution >= 0.6 is 0 Å². The van der Waals surface area contributed by atoms with Gasteiger partial charge >= 0.3 is 0 Å². The van der Waals surface area contributed by atoms with Crippen molar-refractivity contribution < 1.29 is 0 Å². The van der Waals surface area contributed by atoms with Gasteiger partial charge in [-0.15, -0.1) is 0 Å². The van der Waals surface area contributed by atoms with E-state index in [1.54, 1.807) is 0 Å². The minimum absolute atomic E-state index is 0.721. The third-order valence-electron chi connectivity index (χ3n) is 3.25. The molecule has 1 N–H and O–H groups in total. The van der Waals surface area contributed by atoms with Crippen molar-refractivity contribution in [3.8, 4) is 11.4 Å². The maximum atomic E-state index is 4.43. The summed E-state index contributed by atoms with van der Waals surface area (Å²) in [5.41, 5.74) is 4.46. The first kappa shape index (κ1) is 13.3. The standard InChI is InChI=1S/C18H17N3/c1-14-6-5-9-17(10-14)19-11-15-12-20-18(21-13-15)16-7-3-2-4-8-16/h2-10,12-13,19H,11H2,1H3. The minimum atomic E-state index is 0.721. The van der Waals surface area contributed by atoms with Gasteiger partial charge in [0, 0.05) is 35.8 Å². The molecular formula is C18H17N3. The number of nitrogens with one attached hydrogen (secondary N) is 1. The van der Waals surface area contributed by atoms with E-state index in [1.807, 2.05) is 48.8 Å². The van der Waals surface area contributed by atoms with Crippen LogP contribution in [0, 0.1) is 6.92 Å². The normalized spacial score (nSPS) is 10.3. The Morgan fingerprint density at radius 3 is 2.38 bits per heavy atom. The first-order valence-electron chi connectivity index (χ1n) is 6.98. The summed E-state index contributed by atoms with van der Waals surface area (Å²) in [5, 5.41) is 3.38. The fourth-order valence-corrected chi connectivity index (χ4v) is 2.14. The molecule has 0 bridgehead atoms. The van der Waals surface area contributed by atoms with Crippen molar-refractivity contribution in [2.24, 2.45) is 0 Å². The van der Waals surface area contributed by atoms with Gasteiger partial charge in [0.15, 0.2) is 5.82 Å². The molecule has 0 radical (unpaired) electrons. The molecule has 0 aliphatic heterocycles. The number of nitrogens with zero attached hydrogens (tertiary/aromatic N) is 2. The minimum Gasteiger partial charge on any atom is -0.381 e.